The highest BCUT2D eigenvalue weighted by Crippen LogP contribution is 2.31. The van der Waals surface area contributed by atoms with E-state index >= 15 is 0 Å². The molecule has 1 aromatic heterocycles. The van der Waals surface area contributed by atoms with Gasteiger partial charge in [0.1, 0.15) is 5.69 Å². The molecule has 0 bridgehead atoms. The van der Waals surface area contributed by atoms with E-state index in [4.69, 9.17) is 5.84 Å². The maximum absolute atomic E-state index is 11.3. The van der Waals surface area contributed by atoms with Gasteiger partial charge in [-0.1, -0.05) is 6.92 Å². The fourth-order valence-corrected chi connectivity index (χ4v) is 2.53. The van der Waals surface area contributed by atoms with E-state index in [0.29, 0.717) is 17.4 Å². The Balaban J connectivity index is 2.42. The predicted octanol–water partition coefficient (Wildman–Crippen LogP) is 1.61. The zero-order valence-electron chi connectivity index (χ0n) is 11.8. The highest BCUT2D eigenvalue weighted by atomic mass is 16.6. The van der Waals surface area contributed by atoms with Crippen LogP contribution in [-0.2, 0) is 0 Å². The van der Waals surface area contributed by atoms with Crippen LogP contribution in [0.25, 0.3) is 0 Å². The molecular formula is C12H20N6O2. The number of nitrogens with two attached hydrogens (primary N) is 1. The molecule has 2 heterocycles. The van der Waals surface area contributed by atoms with Crippen LogP contribution >= 0.6 is 0 Å². The Labute approximate surface area is 117 Å². The van der Waals surface area contributed by atoms with Crippen molar-refractivity contribution in [2.75, 3.05) is 23.4 Å². The second-order valence-corrected chi connectivity index (χ2v) is 5.23. The van der Waals surface area contributed by atoms with Crippen molar-refractivity contribution in [2.45, 2.75) is 33.1 Å². The summed E-state index contributed by atoms with van der Waals surface area (Å²) < 4.78 is 0. The summed E-state index contributed by atoms with van der Waals surface area (Å²) in [5.74, 6) is 6.54. The van der Waals surface area contributed by atoms with Gasteiger partial charge in [0.15, 0.2) is 0 Å². The van der Waals surface area contributed by atoms with Gasteiger partial charge in [-0.2, -0.15) is 4.98 Å². The molecule has 2 rings (SSSR count). The SMILES string of the molecule is Cc1nc(NN)nc(N2CCCC(C)CC2)c1[N+](=O)[O-]. The van der Waals surface area contributed by atoms with Crippen LogP contribution in [-0.4, -0.2) is 28.0 Å². The van der Waals surface area contributed by atoms with Crippen molar-refractivity contribution in [2.24, 2.45) is 11.8 Å². The molecule has 3 N–H and O–H groups in total. The minimum Gasteiger partial charge on any atom is -0.351 e. The first-order valence-corrected chi connectivity index (χ1v) is 6.77. The predicted molar refractivity (Wildman–Crippen MR) is 76.5 cm³/mol. The lowest BCUT2D eigenvalue weighted by Gasteiger charge is -2.22. The number of hydrogen-bond acceptors (Lipinski definition) is 7. The van der Waals surface area contributed by atoms with Crippen molar-refractivity contribution in [3.63, 3.8) is 0 Å². The van der Waals surface area contributed by atoms with Crippen LogP contribution in [0.4, 0.5) is 17.5 Å². The molecule has 0 spiro atoms. The zero-order valence-corrected chi connectivity index (χ0v) is 11.8. The number of nitrogens with one attached hydrogen (secondary N) is 1. The molecule has 1 aromatic rings. The van der Waals surface area contributed by atoms with E-state index in [1.54, 1.807) is 6.92 Å². The third kappa shape index (κ3) is 2.96. The summed E-state index contributed by atoms with van der Waals surface area (Å²) in [5, 5.41) is 11.3. The molecule has 0 aliphatic carbocycles. The number of hydrogen-bond donors (Lipinski definition) is 2. The van der Waals surface area contributed by atoms with Crippen LogP contribution in [0.5, 0.6) is 0 Å². The van der Waals surface area contributed by atoms with Crippen molar-refractivity contribution in [1.82, 2.24) is 9.97 Å². The van der Waals surface area contributed by atoms with Gasteiger partial charge in [-0.3, -0.25) is 15.5 Å². The molecule has 1 aliphatic rings. The number of anilines is 2. The van der Waals surface area contributed by atoms with E-state index < -0.39 is 4.92 Å². The Morgan fingerprint density at radius 2 is 2.15 bits per heavy atom. The second-order valence-electron chi connectivity index (χ2n) is 5.23. The fraction of sp³-hybridized carbons (Fsp3) is 0.667. The number of aryl methyl sites for hydroxylation is 1. The maximum atomic E-state index is 11.3. The molecular weight excluding hydrogens is 260 g/mol. The smallest absolute Gasteiger partial charge is 0.332 e. The van der Waals surface area contributed by atoms with E-state index in [9.17, 15) is 10.1 Å². The van der Waals surface area contributed by atoms with Crippen LogP contribution in [0, 0.1) is 23.0 Å². The summed E-state index contributed by atoms with van der Waals surface area (Å²) in [6, 6.07) is 0. The molecule has 1 saturated heterocycles. The summed E-state index contributed by atoms with van der Waals surface area (Å²) in [6.07, 6.45) is 3.15. The summed E-state index contributed by atoms with van der Waals surface area (Å²) in [5.41, 5.74) is 2.66. The molecule has 0 aromatic carbocycles. The topological polar surface area (TPSA) is 110 Å². The Morgan fingerprint density at radius 3 is 2.80 bits per heavy atom. The quantitative estimate of drug-likeness (QED) is 0.491. The number of nitrogen functional groups attached to an aromatic ring is 1. The Bertz CT molecular complexity index is 507. The standard InChI is InChI=1S/C12H20N6O2/c1-8-4-3-6-17(7-5-8)11-10(18(19)20)9(2)14-12(15-11)16-13/h8H,3-7,13H2,1-2H3,(H,14,15,16). The lowest BCUT2D eigenvalue weighted by molar-refractivity contribution is -0.385. The highest BCUT2D eigenvalue weighted by Gasteiger charge is 2.27. The van der Waals surface area contributed by atoms with Crippen molar-refractivity contribution in [1.29, 1.82) is 0 Å². The van der Waals surface area contributed by atoms with Crippen LogP contribution in [0.3, 0.4) is 0 Å². The minimum absolute atomic E-state index is 0.0291. The summed E-state index contributed by atoms with van der Waals surface area (Å²) >= 11 is 0. The first-order chi connectivity index (χ1) is 9.52. The Hall–Kier alpha value is -1.96. The van der Waals surface area contributed by atoms with Gasteiger partial charge in [0.05, 0.1) is 4.92 Å². The van der Waals surface area contributed by atoms with Crippen molar-refractivity contribution < 1.29 is 4.92 Å². The molecule has 0 radical (unpaired) electrons. The molecule has 1 fully saturated rings. The molecule has 1 aliphatic heterocycles. The number of nitrogens with zero attached hydrogens (tertiary/aromatic N) is 4. The van der Waals surface area contributed by atoms with Crippen LogP contribution in [0.1, 0.15) is 31.9 Å². The van der Waals surface area contributed by atoms with Gasteiger partial charge >= 0.3 is 5.69 Å². The lowest BCUT2D eigenvalue weighted by atomic mass is 10.0. The Kier molecular flexibility index (Phi) is 4.33. The van der Waals surface area contributed by atoms with E-state index in [0.717, 1.165) is 32.4 Å². The number of rotatable bonds is 3. The minimum atomic E-state index is -0.417. The molecule has 8 nitrogen and oxygen atoms in total. The summed E-state index contributed by atoms with van der Waals surface area (Å²) in [7, 11) is 0. The van der Waals surface area contributed by atoms with Gasteiger partial charge in [-0.25, -0.2) is 10.8 Å². The van der Waals surface area contributed by atoms with Gasteiger partial charge in [-0.15, -0.1) is 0 Å². The van der Waals surface area contributed by atoms with E-state index in [1.807, 2.05) is 4.90 Å². The molecule has 1 atom stereocenters. The lowest BCUT2D eigenvalue weighted by Crippen LogP contribution is -2.27. The molecule has 8 heteroatoms. The van der Waals surface area contributed by atoms with E-state index in [1.165, 1.54) is 0 Å². The van der Waals surface area contributed by atoms with E-state index in [-0.39, 0.29) is 11.6 Å². The first kappa shape index (κ1) is 14.4. The van der Waals surface area contributed by atoms with Crippen molar-refractivity contribution in [3.05, 3.63) is 15.8 Å². The zero-order chi connectivity index (χ0) is 14.7. The van der Waals surface area contributed by atoms with Crippen molar-refractivity contribution >= 4 is 17.5 Å². The first-order valence-electron chi connectivity index (χ1n) is 6.77. The average molecular weight is 280 g/mol. The van der Waals surface area contributed by atoms with E-state index in [2.05, 4.69) is 22.3 Å². The molecule has 110 valence electrons. The number of nitro groups is 1. The van der Waals surface area contributed by atoms with Gasteiger partial charge in [0, 0.05) is 13.1 Å². The largest absolute Gasteiger partial charge is 0.351 e. The van der Waals surface area contributed by atoms with Crippen LogP contribution in [0.15, 0.2) is 0 Å². The molecule has 0 amide bonds. The molecule has 0 saturated carbocycles. The van der Waals surface area contributed by atoms with Crippen LogP contribution in [0.2, 0.25) is 0 Å². The van der Waals surface area contributed by atoms with Crippen LogP contribution < -0.4 is 16.2 Å². The average Bonchev–Trinajstić information content (AvgIpc) is 2.62. The molecule has 20 heavy (non-hydrogen) atoms. The van der Waals surface area contributed by atoms with Crippen molar-refractivity contribution in [3.8, 4) is 0 Å². The summed E-state index contributed by atoms with van der Waals surface area (Å²) in [6.45, 7) is 5.34. The van der Waals surface area contributed by atoms with Gasteiger partial charge in [0.25, 0.3) is 0 Å². The third-order valence-corrected chi connectivity index (χ3v) is 3.67. The third-order valence-electron chi connectivity index (χ3n) is 3.67. The number of aromatic nitrogens is 2. The summed E-state index contributed by atoms with van der Waals surface area (Å²) in [4.78, 5) is 21.0. The monoisotopic (exact) mass is 280 g/mol. The van der Waals surface area contributed by atoms with Gasteiger partial charge in [-0.05, 0) is 32.1 Å². The highest BCUT2D eigenvalue weighted by molar-refractivity contribution is 5.62. The normalized spacial score (nSPS) is 19.6. The van der Waals surface area contributed by atoms with Gasteiger partial charge < -0.3 is 4.90 Å². The van der Waals surface area contributed by atoms with Gasteiger partial charge in [0.2, 0.25) is 11.8 Å². The Morgan fingerprint density at radius 1 is 1.40 bits per heavy atom. The molecule has 1 unspecified atom stereocenters. The number of hydrazine groups is 1. The maximum Gasteiger partial charge on any atom is 0.332 e. The second kappa shape index (κ2) is 6.00. The fourth-order valence-electron chi connectivity index (χ4n) is 2.53.